The van der Waals surface area contributed by atoms with Crippen LogP contribution in [0.5, 0.6) is 5.75 Å². The van der Waals surface area contributed by atoms with Crippen LogP contribution in [-0.4, -0.2) is 22.8 Å². The van der Waals surface area contributed by atoms with Crippen LogP contribution in [0.3, 0.4) is 0 Å². The Balaban J connectivity index is 1.73. The number of methoxy groups -OCH3 is 1. The quantitative estimate of drug-likeness (QED) is 0.140. The van der Waals surface area contributed by atoms with Crippen molar-refractivity contribution in [1.82, 2.24) is 4.57 Å². The van der Waals surface area contributed by atoms with Crippen LogP contribution >= 0.6 is 0 Å². The summed E-state index contributed by atoms with van der Waals surface area (Å²) in [4.78, 5) is 15.6. The molecule has 0 atom stereocenters. The Labute approximate surface area is 208 Å². The Bertz CT molecular complexity index is 1510. The van der Waals surface area contributed by atoms with Gasteiger partial charge >= 0.3 is 0 Å². The number of benzene rings is 4. The molecular weight excluding hydrogens is 450 g/mol. The van der Waals surface area contributed by atoms with Crippen LogP contribution < -0.4 is 4.74 Å². The van der Waals surface area contributed by atoms with Gasteiger partial charge in [-0.05, 0) is 53.6 Å². The van der Waals surface area contributed by atoms with Crippen molar-refractivity contribution >= 4 is 17.6 Å². The molecule has 0 saturated heterocycles. The zero-order valence-electron chi connectivity index (χ0n) is 19.6. The molecule has 0 aliphatic rings. The predicted octanol–water partition coefficient (Wildman–Crippen LogP) is 7.48. The molecule has 0 radical (unpaired) electrons. The largest absolute Gasteiger partial charge is 0.497 e. The summed E-state index contributed by atoms with van der Waals surface area (Å²) in [6.45, 7) is 0. The monoisotopic (exact) mass is 473 g/mol. The molecule has 0 aliphatic carbocycles. The number of aliphatic imine (C=N–C) groups is 1. The number of hydrogen-bond donors (Lipinski definition) is 0. The maximum atomic E-state index is 11.3. The number of non-ortho nitro benzene ring substituents is 1. The number of nitro groups is 1. The number of hydrogen-bond acceptors (Lipinski definition) is 4. The van der Waals surface area contributed by atoms with Crippen LogP contribution in [-0.2, 0) is 0 Å². The zero-order valence-corrected chi connectivity index (χ0v) is 19.6. The topological polar surface area (TPSA) is 69.7 Å². The van der Waals surface area contributed by atoms with E-state index in [4.69, 9.17) is 9.73 Å². The molecule has 0 bridgehead atoms. The second kappa shape index (κ2) is 10.1. The van der Waals surface area contributed by atoms with Crippen LogP contribution in [0.25, 0.3) is 28.2 Å². The summed E-state index contributed by atoms with van der Waals surface area (Å²) in [6.07, 6.45) is 1.86. The fourth-order valence-electron chi connectivity index (χ4n) is 4.15. The van der Waals surface area contributed by atoms with Gasteiger partial charge in [0.1, 0.15) is 5.75 Å². The van der Waals surface area contributed by atoms with E-state index in [0.29, 0.717) is 0 Å². The maximum absolute atomic E-state index is 11.3. The van der Waals surface area contributed by atoms with Crippen molar-refractivity contribution in [2.45, 2.75) is 0 Å². The highest BCUT2D eigenvalue weighted by Gasteiger charge is 2.19. The Morgan fingerprint density at radius 2 is 1.42 bits per heavy atom. The van der Waals surface area contributed by atoms with Gasteiger partial charge in [-0.2, -0.15) is 0 Å². The number of aromatic nitrogens is 1. The average molecular weight is 474 g/mol. The van der Waals surface area contributed by atoms with E-state index in [1.165, 1.54) is 12.1 Å². The fraction of sp³-hybridized carbons (Fsp3) is 0.0333. The Morgan fingerprint density at radius 1 is 0.806 bits per heavy atom. The van der Waals surface area contributed by atoms with Crippen molar-refractivity contribution in [1.29, 1.82) is 0 Å². The molecule has 36 heavy (non-hydrogen) atoms. The van der Waals surface area contributed by atoms with Crippen molar-refractivity contribution in [2.24, 2.45) is 4.99 Å². The summed E-state index contributed by atoms with van der Waals surface area (Å²) >= 11 is 0. The van der Waals surface area contributed by atoms with E-state index >= 15 is 0 Å². The number of nitro benzene ring substituents is 1. The van der Waals surface area contributed by atoms with Gasteiger partial charge in [-0.25, -0.2) is 0 Å². The molecule has 1 heterocycles. The lowest BCUT2D eigenvalue weighted by Crippen LogP contribution is -2.01. The third kappa shape index (κ3) is 4.65. The summed E-state index contributed by atoms with van der Waals surface area (Å²) in [5, 5.41) is 11.3. The van der Waals surface area contributed by atoms with Crippen LogP contribution in [0.2, 0.25) is 0 Å². The standard InChI is InChI=1S/C30H23N3O3/c1-36-28-18-12-25(13-19-28)31-21-24-20-29(22-8-4-2-5-9-22)32(30(24)23-10-6-3-7-11-23)26-14-16-27(17-15-26)33(34)35/h2-21H,1H3. The third-order valence-corrected chi connectivity index (χ3v) is 5.89. The first-order chi connectivity index (χ1) is 17.6. The van der Waals surface area contributed by atoms with E-state index < -0.39 is 0 Å². The van der Waals surface area contributed by atoms with Crippen molar-refractivity contribution in [3.63, 3.8) is 0 Å². The molecule has 176 valence electrons. The molecule has 0 N–H and O–H groups in total. The minimum Gasteiger partial charge on any atom is -0.497 e. The molecule has 0 spiro atoms. The first-order valence-corrected chi connectivity index (χ1v) is 11.4. The van der Waals surface area contributed by atoms with E-state index in [1.807, 2.05) is 66.9 Å². The molecule has 5 rings (SSSR count). The minimum absolute atomic E-state index is 0.0507. The van der Waals surface area contributed by atoms with Gasteiger partial charge in [0.15, 0.2) is 0 Å². The molecular formula is C30H23N3O3. The van der Waals surface area contributed by atoms with Crippen molar-refractivity contribution in [3.05, 3.63) is 131 Å². The molecule has 0 fully saturated rings. The normalized spacial score (nSPS) is 11.0. The Hall–Kier alpha value is -4.97. The van der Waals surface area contributed by atoms with Crippen molar-refractivity contribution in [2.75, 3.05) is 7.11 Å². The number of ether oxygens (including phenoxy) is 1. The lowest BCUT2D eigenvalue weighted by molar-refractivity contribution is -0.384. The highest BCUT2D eigenvalue weighted by atomic mass is 16.6. The summed E-state index contributed by atoms with van der Waals surface area (Å²) < 4.78 is 7.38. The molecule has 0 unspecified atom stereocenters. The second-order valence-corrected chi connectivity index (χ2v) is 8.13. The average Bonchev–Trinajstić information content (AvgIpc) is 3.32. The molecule has 0 amide bonds. The molecule has 1 aromatic heterocycles. The van der Waals surface area contributed by atoms with Crippen LogP contribution in [0.1, 0.15) is 5.56 Å². The van der Waals surface area contributed by atoms with E-state index in [9.17, 15) is 10.1 Å². The molecule has 0 saturated carbocycles. The second-order valence-electron chi connectivity index (χ2n) is 8.13. The highest BCUT2D eigenvalue weighted by molar-refractivity contribution is 5.94. The van der Waals surface area contributed by atoms with Crippen molar-refractivity contribution < 1.29 is 9.66 Å². The summed E-state index contributed by atoms with van der Waals surface area (Å²) in [5.41, 5.74) is 6.54. The first kappa shape index (κ1) is 22.8. The van der Waals surface area contributed by atoms with Gasteiger partial charge in [0.05, 0.1) is 29.1 Å². The van der Waals surface area contributed by atoms with Crippen LogP contribution in [0.15, 0.2) is 120 Å². The number of nitrogens with zero attached hydrogens (tertiary/aromatic N) is 3. The highest BCUT2D eigenvalue weighted by Crippen LogP contribution is 2.36. The van der Waals surface area contributed by atoms with Gasteiger partial charge in [0, 0.05) is 29.6 Å². The van der Waals surface area contributed by atoms with E-state index in [0.717, 1.165) is 45.2 Å². The van der Waals surface area contributed by atoms with Crippen LogP contribution in [0.4, 0.5) is 11.4 Å². The molecule has 0 aliphatic heterocycles. The molecule has 5 aromatic rings. The minimum atomic E-state index is -0.386. The molecule has 4 aromatic carbocycles. The van der Waals surface area contributed by atoms with Crippen LogP contribution in [0, 0.1) is 10.1 Å². The van der Waals surface area contributed by atoms with Gasteiger partial charge in [0.25, 0.3) is 5.69 Å². The number of rotatable bonds is 7. The van der Waals surface area contributed by atoms with E-state index in [2.05, 4.69) is 34.9 Å². The lowest BCUT2D eigenvalue weighted by Gasteiger charge is -2.15. The summed E-state index contributed by atoms with van der Waals surface area (Å²) in [5.74, 6) is 0.773. The van der Waals surface area contributed by atoms with E-state index in [1.54, 1.807) is 19.2 Å². The predicted molar refractivity (Wildman–Crippen MR) is 144 cm³/mol. The summed E-state index contributed by atoms with van der Waals surface area (Å²) in [7, 11) is 1.64. The molecule has 6 heteroatoms. The van der Waals surface area contributed by atoms with Gasteiger partial charge in [-0.3, -0.25) is 15.1 Å². The van der Waals surface area contributed by atoms with Gasteiger partial charge < -0.3 is 9.30 Å². The third-order valence-electron chi connectivity index (χ3n) is 5.89. The molecule has 6 nitrogen and oxygen atoms in total. The summed E-state index contributed by atoms with van der Waals surface area (Å²) in [6, 6.07) is 36.4. The van der Waals surface area contributed by atoms with Gasteiger partial charge in [-0.15, -0.1) is 0 Å². The lowest BCUT2D eigenvalue weighted by atomic mass is 10.1. The Kier molecular flexibility index (Phi) is 6.40. The van der Waals surface area contributed by atoms with Gasteiger partial charge in [0.2, 0.25) is 0 Å². The van der Waals surface area contributed by atoms with E-state index in [-0.39, 0.29) is 10.6 Å². The Morgan fingerprint density at radius 3 is 2.00 bits per heavy atom. The van der Waals surface area contributed by atoms with Crippen molar-refractivity contribution in [3.8, 4) is 34.0 Å². The zero-order chi connectivity index (χ0) is 24.9. The fourth-order valence-corrected chi connectivity index (χ4v) is 4.15. The first-order valence-electron chi connectivity index (χ1n) is 11.4. The maximum Gasteiger partial charge on any atom is 0.269 e. The SMILES string of the molecule is COc1ccc(N=Cc2cc(-c3ccccc3)n(-c3ccc([N+](=O)[O-])cc3)c2-c2ccccc2)cc1. The van der Waals surface area contributed by atoms with Gasteiger partial charge in [-0.1, -0.05) is 60.7 Å². The smallest absolute Gasteiger partial charge is 0.269 e.